The predicted octanol–water partition coefficient (Wildman–Crippen LogP) is 4.68. The maximum Gasteiger partial charge on any atom is 0.238 e. The van der Waals surface area contributed by atoms with Crippen LogP contribution in [-0.4, -0.2) is 24.2 Å². The number of fused-ring (bicyclic) bond motifs is 5. The van der Waals surface area contributed by atoms with Crippen molar-refractivity contribution in [3.63, 3.8) is 0 Å². The van der Waals surface area contributed by atoms with Gasteiger partial charge in [-0.15, -0.1) is 0 Å². The third-order valence-corrected chi connectivity index (χ3v) is 6.92. The maximum absolute atomic E-state index is 13.1. The summed E-state index contributed by atoms with van der Waals surface area (Å²) in [6.07, 6.45) is 4.96. The number of carbonyl (C=O) groups excluding carboxylic acids is 3. The van der Waals surface area contributed by atoms with Gasteiger partial charge in [0.05, 0.1) is 17.5 Å². The lowest BCUT2D eigenvalue weighted by Gasteiger charge is -2.21. The minimum Gasteiger partial charge on any atom is -0.483 e. The number of anilines is 1. The Morgan fingerprint density at radius 3 is 2.30 bits per heavy atom. The first-order chi connectivity index (χ1) is 14.4. The quantitative estimate of drug-likeness (QED) is 0.350. The SMILES string of the molecule is O=C(COc1ccc(Cl)cc1N1C(=O)C2C3C=CC(C3)C2C1=O)c1ccc(Br)cc1. The van der Waals surface area contributed by atoms with E-state index >= 15 is 0 Å². The van der Waals surface area contributed by atoms with Crippen LogP contribution >= 0.6 is 27.5 Å². The van der Waals surface area contributed by atoms with Crippen LogP contribution in [-0.2, 0) is 9.59 Å². The van der Waals surface area contributed by atoms with Crippen LogP contribution in [0.15, 0.2) is 59.1 Å². The molecule has 1 heterocycles. The first kappa shape index (κ1) is 19.5. The fourth-order valence-corrected chi connectivity index (χ4v) is 5.22. The molecule has 30 heavy (non-hydrogen) atoms. The van der Waals surface area contributed by atoms with Gasteiger partial charge < -0.3 is 4.74 Å². The summed E-state index contributed by atoms with van der Waals surface area (Å²) in [7, 11) is 0. The Morgan fingerprint density at radius 1 is 1.03 bits per heavy atom. The van der Waals surface area contributed by atoms with Crippen molar-refractivity contribution in [3.05, 3.63) is 69.7 Å². The maximum atomic E-state index is 13.1. The first-order valence-corrected chi connectivity index (χ1v) is 10.9. The topological polar surface area (TPSA) is 63.7 Å². The molecule has 0 N–H and O–H groups in total. The number of hydrogen-bond acceptors (Lipinski definition) is 4. The number of ether oxygens (including phenoxy) is 1. The second-order valence-corrected chi connectivity index (χ2v) is 9.19. The summed E-state index contributed by atoms with van der Waals surface area (Å²) in [6, 6.07) is 11.7. The zero-order valence-corrected chi connectivity index (χ0v) is 18.1. The van der Waals surface area contributed by atoms with E-state index in [1.165, 1.54) is 4.90 Å². The van der Waals surface area contributed by atoms with Gasteiger partial charge in [-0.05, 0) is 48.6 Å². The molecule has 1 saturated heterocycles. The van der Waals surface area contributed by atoms with E-state index in [0.717, 1.165) is 10.9 Å². The highest BCUT2D eigenvalue weighted by molar-refractivity contribution is 9.10. The summed E-state index contributed by atoms with van der Waals surface area (Å²) in [6.45, 7) is -0.216. The minimum absolute atomic E-state index is 0.115. The Morgan fingerprint density at radius 2 is 1.67 bits per heavy atom. The molecule has 2 bridgehead atoms. The lowest BCUT2D eigenvalue weighted by Crippen LogP contribution is -2.33. The molecule has 2 amide bonds. The molecule has 3 aliphatic rings. The van der Waals surface area contributed by atoms with Crippen LogP contribution < -0.4 is 9.64 Å². The van der Waals surface area contributed by atoms with Crippen molar-refractivity contribution in [3.8, 4) is 5.75 Å². The number of halogens is 2. The summed E-state index contributed by atoms with van der Waals surface area (Å²) in [5.74, 6) is -0.754. The number of ketones is 1. The number of carbonyl (C=O) groups is 3. The van der Waals surface area contributed by atoms with Crippen molar-refractivity contribution in [2.75, 3.05) is 11.5 Å². The van der Waals surface area contributed by atoms with Gasteiger partial charge in [0.2, 0.25) is 11.8 Å². The van der Waals surface area contributed by atoms with Gasteiger partial charge >= 0.3 is 0 Å². The summed E-state index contributed by atoms with van der Waals surface area (Å²) >= 11 is 9.51. The van der Waals surface area contributed by atoms with E-state index in [4.69, 9.17) is 16.3 Å². The van der Waals surface area contributed by atoms with Gasteiger partial charge in [-0.1, -0.05) is 51.8 Å². The summed E-state index contributed by atoms with van der Waals surface area (Å²) in [5.41, 5.74) is 0.814. The van der Waals surface area contributed by atoms with Crippen molar-refractivity contribution in [2.45, 2.75) is 6.42 Å². The number of benzene rings is 2. The van der Waals surface area contributed by atoms with Crippen molar-refractivity contribution < 1.29 is 19.1 Å². The molecule has 0 spiro atoms. The van der Waals surface area contributed by atoms with Crippen LogP contribution in [0.3, 0.4) is 0 Å². The van der Waals surface area contributed by atoms with E-state index in [9.17, 15) is 14.4 Å². The number of rotatable bonds is 5. The van der Waals surface area contributed by atoms with Crippen LogP contribution in [0.1, 0.15) is 16.8 Å². The summed E-state index contributed by atoms with van der Waals surface area (Å²) in [4.78, 5) is 40.0. The van der Waals surface area contributed by atoms with Crippen LogP contribution in [0.2, 0.25) is 5.02 Å². The van der Waals surface area contributed by atoms with E-state index in [0.29, 0.717) is 16.3 Å². The summed E-state index contributed by atoms with van der Waals surface area (Å²) in [5, 5.41) is 0.385. The molecule has 5 rings (SSSR count). The molecular formula is C23H17BrClNO4. The van der Waals surface area contributed by atoms with Gasteiger partial charge in [0.25, 0.3) is 0 Å². The Hall–Kier alpha value is -2.44. The normalized spacial score (nSPS) is 26.4. The zero-order valence-electron chi connectivity index (χ0n) is 15.8. The van der Waals surface area contributed by atoms with Crippen LogP contribution in [0.25, 0.3) is 0 Å². The number of amides is 2. The molecule has 4 unspecified atom stereocenters. The number of allylic oxidation sites excluding steroid dienone is 2. The Bertz CT molecular complexity index is 1070. The molecule has 1 saturated carbocycles. The molecule has 1 aliphatic heterocycles. The third kappa shape index (κ3) is 3.10. The lowest BCUT2D eigenvalue weighted by atomic mass is 9.85. The van der Waals surface area contributed by atoms with Gasteiger partial charge in [0, 0.05) is 15.1 Å². The second kappa shape index (κ2) is 7.36. The predicted molar refractivity (Wildman–Crippen MR) is 116 cm³/mol. The number of Topliss-reactive ketones (excluding diaryl/α,β-unsaturated/α-hetero) is 1. The van der Waals surface area contributed by atoms with Crippen molar-refractivity contribution in [2.24, 2.45) is 23.7 Å². The zero-order chi connectivity index (χ0) is 21.0. The van der Waals surface area contributed by atoms with Crippen LogP contribution in [0, 0.1) is 23.7 Å². The molecule has 4 atom stereocenters. The van der Waals surface area contributed by atoms with Crippen molar-refractivity contribution in [1.29, 1.82) is 0 Å². The monoisotopic (exact) mass is 485 g/mol. The highest BCUT2D eigenvalue weighted by Gasteiger charge is 2.59. The van der Waals surface area contributed by atoms with Gasteiger partial charge in [-0.3, -0.25) is 14.4 Å². The Kier molecular flexibility index (Phi) is 4.79. The van der Waals surface area contributed by atoms with Crippen molar-refractivity contribution >= 4 is 50.8 Å². The molecule has 5 nitrogen and oxygen atoms in total. The molecule has 2 fully saturated rings. The molecule has 2 aromatic rings. The minimum atomic E-state index is -0.316. The third-order valence-electron chi connectivity index (χ3n) is 6.16. The largest absolute Gasteiger partial charge is 0.483 e. The van der Waals surface area contributed by atoms with Crippen LogP contribution in [0.5, 0.6) is 5.75 Å². The molecule has 0 aromatic heterocycles. The molecule has 7 heteroatoms. The van der Waals surface area contributed by atoms with Gasteiger partial charge in [-0.25, -0.2) is 4.90 Å². The Labute approximate surface area is 186 Å². The average molecular weight is 487 g/mol. The molecule has 2 aliphatic carbocycles. The molecule has 0 radical (unpaired) electrons. The lowest BCUT2D eigenvalue weighted by molar-refractivity contribution is -0.123. The number of hydrogen-bond donors (Lipinski definition) is 0. The fraction of sp³-hybridized carbons (Fsp3) is 0.261. The van der Waals surface area contributed by atoms with E-state index in [1.54, 1.807) is 42.5 Å². The second-order valence-electron chi connectivity index (χ2n) is 7.84. The van der Waals surface area contributed by atoms with Crippen molar-refractivity contribution in [1.82, 2.24) is 0 Å². The van der Waals surface area contributed by atoms with E-state index in [1.807, 2.05) is 12.2 Å². The number of nitrogens with zero attached hydrogens (tertiary/aromatic N) is 1. The highest BCUT2D eigenvalue weighted by Crippen LogP contribution is 2.54. The highest BCUT2D eigenvalue weighted by atomic mass is 79.9. The summed E-state index contributed by atoms with van der Waals surface area (Å²) < 4.78 is 6.63. The van der Waals surface area contributed by atoms with E-state index < -0.39 is 0 Å². The fourth-order valence-electron chi connectivity index (χ4n) is 4.79. The van der Waals surface area contributed by atoms with Gasteiger partial charge in [-0.2, -0.15) is 0 Å². The standard InChI is InChI=1S/C23H17BrClNO4/c24-15-5-3-12(4-6-15)18(27)11-30-19-8-7-16(25)10-17(19)26-22(28)20-13-1-2-14(9-13)21(20)23(26)29/h1-8,10,13-14,20-21H,9,11H2. The van der Waals surface area contributed by atoms with Gasteiger partial charge in [0.15, 0.2) is 12.4 Å². The van der Waals surface area contributed by atoms with Crippen LogP contribution in [0.4, 0.5) is 5.69 Å². The smallest absolute Gasteiger partial charge is 0.238 e. The van der Waals surface area contributed by atoms with Gasteiger partial charge in [0.1, 0.15) is 5.75 Å². The molecular weight excluding hydrogens is 470 g/mol. The van der Waals surface area contributed by atoms with E-state index in [2.05, 4.69) is 15.9 Å². The molecule has 152 valence electrons. The number of imide groups is 1. The average Bonchev–Trinajstić information content (AvgIpc) is 3.41. The molecule has 2 aromatic carbocycles. The Balaban J connectivity index is 1.41. The van der Waals surface area contributed by atoms with E-state index in [-0.39, 0.29) is 53.6 Å². The first-order valence-electron chi connectivity index (χ1n) is 9.71.